The van der Waals surface area contributed by atoms with Crippen molar-refractivity contribution in [3.8, 4) is 0 Å². The van der Waals surface area contributed by atoms with Crippen LogP contribution in [-0.4, -0.2) is 31.0 Å². The number of nitrogens with zero attached hydrogens (tertiary/aromatic N) is 1. The molecule has 6 nitrogen and oxygen atoms in total. The Morgan fingerprint density at radius 2 is 1.70 bits per heavy atom. The van der Waals surface area contributed by atoms with Crippen LogP contribution in [-0.2, 0) is 29.3 Å². The van der Waals surface area contributed by atoms with Gasteiger partial charge in [-0.3, -0.25) is 4.79 Å². The van der Waals surface area contributed by atoms with Gasteiger partial charge in [0.15, 0.2) is 0 Å². The molecule has 8 heteroatoms. The van der Waals surface area contributed by atoms with Gasteiger partial charge in [0, 0.05) is 4.90 Å². The summed E-state index contributed by atoms with van der Waals surface area (Å²) in [6.07, 6.45) is 6.73. The van der Waals surface area contributed by atoms with Gasteiger partial charge in [0.1, 0.15) is 15.0 Å². The number of carbonyl (C=O) groups is 1. The van der Waals surface area contributed by atoms with Gasteiger partial charge in [-0.2, -0.15) is 8.42 Å². The van der Waals surface area contributed by atoms with E-state index < -0.39 is 36.9 Å². The van der Waals surface area contributed by atoms with E-state index in [9.17, 15) is 17.4 Å². The molecule has 3 radical (unpaired) electrons. The molecule has 159 valence electrons. The molecule has 30 heavy (non-hydrogen) atoms. The second-order valence-corrected chi connectivity index (χ2v) is 11.2. The first-order valence-corrected chi connectivity index (χ1v) is 12.5. The topological polar surface area (TPSA) is 89.9 Å². The zero-order valence-electron chi connectivity index (χ0n) is 16.8. The van der Waals surface area contributed by atoms with Gasteiger partial charge in [-0.05, 0) is 69.2 Å². The van der Waals surface area contributed by atoms with Crippen molar-refractivity contribution in [1.29, 1.82) is 0 Å². The van der Waals surface area contributed by atoms with Crippen molar-refractivity contribution < 1.29 is 22.2 Å². The predicted molar refractivity (Wildman–Crippen MR) is 115 cm³/mol. The van der Waals surface area contributed by atoms with Gasteiger partial charge in [0.25, 0.3) is 10.0 Å². The Bertz CT molecular complexity index is 1100. The summed E-state index contributed by atoms with van der Waals surface area (Å²) in [6.45, 7) is 1.83. The molecule has 2 aromatic rings. The predicted octanol–water partition coefficient (Wildman–Crippen LogP) is 3.78. The van der Waals surface area contributed by atoms with Crippen molar-refractivity contribution in [3.63, 3.8) is 0 Å². The van der Waals surface area contributed by atoms with Crippen molar-refractivity contribution in [3.05, 3.63) is 79.4 Å². The molecule has 1 saturated carbocycles. The monoisotopic (exact) mass is 446 g/mol. The summed E-state index contributed by atoms with van der Waals surface area (Å²) in [5.41, 5.74) is 0.883. The van der Waals surface area contributed by atoms with Crippen molar-refractivity contribution >= 4 is 25.7 Å². The van der Waals surface area contributed by atoms with E-state index in [0.717, 1.165) is 5.56 Å². The smallest absolute Gasteiger partial charge is 0.323 e. The molecule has 3 atom stereocenters. The molecule has 0 N–H and O–H groups in total. The lowest BCUT2D eigenvalue weighted by Crippen LogP contribution is -2.40. The van der Waals surface area contributed by atoms with E-state index in [1.807, 2.05) is 13.3 Å². The largest absolute Gasteiger partial charge is 0.468 e. The molecule has 3 unspecified atom stereocenters. The van der Waals surface area contributed by atoms with E-state index in [1.165, 1.54) is 31.4 Å². The Morgan fingerprint density at radius 1 is 1.03 bits per heavy atom. The molecular weight excluding hydrogens is 422 g/mol. The Labute approximate surface area is 178 Å². The molecule has 0 amide bonds. The van der Waals surface area contributed by atoms with Gasteiger partial charge in [-0.1, -0.05) is 35.9 Å². The minimum Gasteiger partial charge on any atom is -0.468 e. The average molecular weight is 447 g/mol. The van der Waals surface area contributed by atoms with Crippen LogP contribution in [0.4, 0.5) is 0 Å². The molecule has 0 heterocycles. The fourth-order valence-corrected chi connectivity index (χ4v) is 7.97. The number of rotatable bonds is 6. The Hall–Kier alpha value is -2.19. The first-order valence-electron chi connectivity index (χ1n) is 9.50. The van der Waals surface area contributed by atoms with Crippen molar-refractivity contribution in [2.45, 2.75) is 34.8 Å². The van der Waals surface area contributed by atoms with E-state index >= 15 is 0 Å². The molecule has 0 spiro atoms. The maximum Gasteiger partial charge on any atom is 0.323 e. The summed E-state index contributed by atoms with van der Waals surface area (Å²) in [5, 5.41) is -1.25. The summed E-state index contributed by atoms with van der Waals surface area (Å²) in [6, 6.07) is 14.2. The third-order valence-electron chi connectivity index (χ3n) is 4.94. The molecule has 2 aromatic carbocycles. The van der Waals surface area contributed by atoms with Gasteiger partial charge in [-0.25, -0.2) is 4.21 Å². The summed E-state index contributed by atoms with van der Waals surface area (Å²) >= 11 is 0. The van der Waals surface area contributed by atoms with Crippen LogP contribution >= 0.6 is 0 Å². The lowest BCUT2D eigenvalue weighted by molar-refractivity contribution is -0.140. The van der Waals surface area contributed by atoms with E-state index in [2.05, 4.69) is 3.77 Å². The van der Waals surface area contributed by atoms with Gasteiger partial charge >= 0.3 is 5.97 Å². The highest BCUT2D eigenvalue weighted by molar-refractivity contribution is 8.04. The van der Waals surface area contributed by atoms with E-state index in [1.54, 1.807) is 43.2 Å². The zero-order chi connectivity index (χ0) is 21.8. The summed E-state index contributed by atoms with van der Waals surface area (Å²) in [5.74, 6) is -1.21. The molecular formula is C22H24NO5S2. The van der Waals surface area contributed by atoms with Crippen molar-refractivity contribution in [1.82, 2.24) is 0 Å². The number of methoxy groups -OCH3 is 1. The number of carbonyl (C=O) groups excluding carboxylic acids is 1. The van der Waals surface area contributed by atoms with Crippen LogP contribution in [0.15, 0.2) is 68.2 Å². The number of esters is 1. The molecule has 0 aliphatic heterocycles. The van der Waals surface area contributed by atoms with Crippen LogP contribution in [0.2, 0.25) is 0 Å². The molecule has 1 aliphatic carbocycles. The average Bonchev–Trinajstić information content (AvgIpc) is 2.75. The highest BCUT2D eigenvalue weighted by Crippen LogP contribution is 2.34. The fourth-order valence-electron chi connectivity index (χ4n) is 3.36. The standard InChI is InChI=1S/C22H24NO5S2/c1-17-13-15-20(16-14-17)30(26,27)23-29(25,19-11-7-4-8-12-19)21(22(24)28-2)18-9-5-3-6-10-18/h3-5,7-9,11-16,18,21H,6,10H2,1-2H3. The van der Waals surface area contributed by atoms with Crippen LogP contribution in [0.3, 0.4) is 0 Å². The third-order valence-corrected chi connectivity index (χ3v) is 9.65. The molecule has 0 aromatic heterocycles. The number of sulfonamides is 1. The van der Waals surface area contributed by atoms with Crippen LogP contribution < -0.4 is 0 Å². The van der Waals surface area contributed by atoms with Gasteiger partial charge in [-0.15, -0.1) is 3.77 Å². The lowest BCUT2D eigenvalue weighted by atomic mass is 9.87. The quantitative estimate of drug-likeness (QED) is 0.630. The van der Waals surface area contributed by atoms with Gasteiger partial charge in [0.05, 0.1) is 12.0 Å². The first kappa shape index (κ1) is 22.5. The zero-order valence-corrected chi connectivity index (χ0v) is 18.4. The van der Waals surface area contributed by atoms with Crippen LogP contribution in [0.25, 0.3) is 0 Å². The summed E-state index contributed by atoms with van der Waals surface area (Å²) < 4.78 is 49.4. The number of hydrogen-bond donors (Lipinski definition) is 0. The Balaban J connectivity index is 2.25. The second kappa shape index (κ2) is 9.31. The molecule has 1 fully saturated rings. The van der Waals surface area contributed by atoms with E-state index in [0.29, 0.717) is 12.8 Å². The Morgan fingerprint density at radius 3 is 2.27 bits per heavy atom. The fraction of sp³-hybridized carbons (Fsp3) is 0.273. The van der Waals surface area contributed by atoms with Crippen molar-refractivity contribution in [2.75, 3.05) is 7.11 Å². The first-order chi connectivity index (χ1) is 14.3. The summed E-state index contributed by atoms with van der Waals surface area (Å²) in [7, 11) is -6.83. The van der Waals surface area contributed by atoms with Gasteiger partial charge in [0.2, 0.25) is 0 Å². The lowest BCUT2D eigenvalue weighted by Gasteiger charge is -2.30. The Kier molecular flexibility index (Phi) is 6.98. The van der Waals surface area contributed by atoms with Crippen molar-refractivity contribution in [2.24, 2.45) is 9.69 Å². The minimum atomic E-state index is -4.30. The number of ether oxygens (including phenoxy) is 1. The SMILES string of the molecule is COC(=O)C(C1[CH][CH][CH]CC1)S(=O)(=NS(=O)(=O)c1ccc(C)cc1)c1ccccc1. The second-order valence-electron chi connectivity index (χ2n) is 7.05. The maximum absolute atomic E-state index is 14.4. The minimum absolute atomic E-state index is 0.0760. The maximum atomic E-state index is 14.4. The van der Waals surface area contributed by atoms with Crippen LogP contribution in [0.1, 0.15) is 18.4 Å². The third kappa shape index (κ3) is 4.75. The molecule has 3 rings (SSSR count). The highest BCUT2D eigenvalue weighted by Gasteiger charge is 2.42. The highest BCUT2D eigenvalue weighted by atomic mass is 32.3. The normalized spacial score (nSPS) is 18.2. The molecule has 1 aliphatic rings. The summed E-state index contributed by atoms with van der Waals surface area (Å²) in [4.78, 5) is 12.9. The number of aryl methyl sites for hydroxylation is 1. The van der Waals surface area contributed by atoms with Crippen LogP contribution in [0, 0.1) is 32.1 Å². The van der Waals surface area contributed by atoms with Crippen LogP contribution in [0.5, 0.6) is 0 Å². The van der Waals surface area contributed by atoms with Gasteiger partial charge < -0.3 is 4.74 Å². The number of hydrogen-bond acceptors (Lipinski definition) is 5. The number of benzene rings is 2. The van der Waals surface area contributed by atoms with E-state index in [-0.39, 0.29) is 9.79 Å². The van der Waals surface area contributed by atoms with E-state index in [4.69, 9.17) is 4.74 Å². The molecule has 0 bridgehead atoms. The molecule has 0 saturated heterocycles.